The fourth-order valence-electron chi connectivity index (χ4n) is 2.54. The van der Waals surface area contributed by atoms with E-state index in [4.69, 9.17) is 0 Å². The summed E-state index contributed by atoms with van der Waals surface area (Å²) in [4.78, 5) is 0. The van der Waals surface area contributed by atoms with Gasteiger partial charge in [-0.05, 0) is 56.8 Å². The smallest absolute Gasteiger partial charge is 0.125 e. The van der Waals surface area contributed by atoms with Crippen LogP contribution < -0.4 is 0 Å². The zero-order valence-corrected chi connectivity index (χ0v) is 12.2. The highest BCUT2D eigenvalue weighted by atomic mass is 28.3. The van der Waals surface area contributed by atoms with E-state index in [2.05, 4.69) is 50.0 Å². The molecule has 2 heteroatoms. The summed E-state index contributed by atoms with van der Waals surface area (Å²) in [5.41, 5.74) is 1.63. The van der Waals surface area contributed by atoms with Crippen molar-refractivity contribution in [1.29, 1.82) is 0 Å². The van der Waals surface area contributed by atoms with Crippen LogP contribution in [0.3, 0.4) is 0 Å². The van der Waals surface area contributed by atoms with Gasteiger partial charge < -0.3 is 4.57 Å². The van der Waals surface area contributed by atoms with Gasteiger partial charge in [-0.1, -0.05) is 31.3 Å². The molecule has 1 fully saturated rings. The molecule has 0 saturated heterocycles. The van der Waals surface area contributed by atoms with E-state index in [1.54, 1.807) is 5.57 Å². The lowest BCUT2D eigenvalue weighted by Crippen LogP contribution is -2.42. The van der Waals surface area contributed by atoms with Gasteiger partial charge in [-0.3, -0.25) is 0 Å². The van der Waals surface area contributed by atoms with Crippen LogP contribution in [0.25, 0.3) is 0 Å². The largest absolute Gasteiger partial charge is 0.329 e. The highest BCUT2D eigenvalue weighted by molar-refractivity contribution is 6.74. The molecule has 0 aromatic rings. The van der Waals surface area contributed by atoms with Gasteiger partial charge in [0.05, 0.1) is 0 Å². The molecule has 0 aromatic carbocycles. The van der Waals surface area contributed by atoms with E-state index in [0.717, 1.165) is 11.8 Å². The Morgan fingerprint density at radius 1 is 1.38 bits per heavy atom. The number of allylic oxidation sites excluding steroid dienone is 4. The molecule has 3 rings (SSSR count). The monoisotopic (exact) mass is 235 g/mol. The van der Waals surface area contributed by atoms with Crippen molar-refractivity contribution in [1.82, 2.24) is 4.57 Å². The number of nitrogens with zero attached hydrogens (tertiary/aromatic N) is 1. The van der Waals surface area contributed by atoms with Crippen LogP contribution in [-0.2, 0) is 0 Å². The van der Waals surface area contributed by atoms with Crippen LogP contribution in [0.2, 0.25) is 19.1 Å². The second-order valence-corrected chi connectivity index (χ2v) is 11.2. The normalized spacial score (nSPS) is 29.4. The van der Waals surface area contributed by atoms with Crippen LogP contribution >= 0.6 is 0 Å². The van der Waals surface area contributed by atoms with Crippen LogP contribution in [-0.4, -0.2) is 26.9 Å². The summed E-state index contributed by atoms with van der Waals surface area (Å²) in [7, 11) is 3.28. The molecule has 0 amide bonds. The van der Waals surface area contributed by atoms with Gasteiger partial charge in [-0.25, -0.2) is 0 Å². The minimum Gasteiger partial charge on any atom is -0.329 e. The molecule has 1 saturated carbocycles. The Balaban J connectivity index is 1.88. The predicted octanol–water partition coefficient (Wildman–Crippen LogP) is 3.67. The van der Waals surface area contributed by atoms with E-state index >= 15 is 0 Å². The van der Waals surface area contributed by atoms with E-state index in [-0.39, 0.29) is 0 Å². The third kappa shape index (κ3) is 2.49. The molecule has 1 nitrogen and oxygen atoms in total. The predicted molar refractivity (Wildman–Crippen MR) is 74.0 cm³/mol. The van der Waals surface area contributed by atoms with Crippen molar-refractivity contribution in [2.24, 2.45) is 11.8 Å². The molecular weight excluding hydrogens is 210 g/mol. The number of hydrogen-bond acceptors (Lipinski definition) is 1. The Hall–Kier alpha value is -0.343. The van der Waals surface area contributed by atoms with Gasteiger partial charge in [-0.15, -0.1) is 0 Å². The number of fused-ring (bicyclic) bond motifs is 1. The van der Waals surface area contributed by atoms with E-state index < -0.39 is 8.24 Å². The van der Waals surface area contributed by atoms with E-state index in [0.29, 0.717) is 0 Å². The van der Waals surface area contributed by atoms with Gasteiger partial charge in [0.1, 0.15) is 8.24 Å². The zero-order valence-electron chi connectivity index (χ0n) is 11.2. The summed E-state index contributed by atoms with van der Waals surface area (Å²) >= 11 is 0. The van der Waals surface area contributed by atoms with Crippen molar-refractivity contribution in [2.45, 2.75) is 38.4 Å². The van der Waals surface area contributed by atoms with Crippen molar-refractivity contribution in [3.63, 3.8) is 0 Å². The molecule has 0 N–H and O–H groups in total. The number of hydrogen-bond donors (Lipinski definition) is 0. The maximum Gasteiger partial charge on any atom is 0.125 e. The Bertz CT molecular complexity index is 309. The van der Waals surface area contributed by atoms with Crippen molar-refractivity contribution >= 4 is 8.24 Å². The maximum atomic E-state index is 2.48. The first-order valence-electron chi connectivity index (χ1n) is 6.53. The molecule has 0 aromatic heterocycles. The topological polar surface area (TPSA) is 3.24 Å². The summed E-state index contributed by atoms with van der Waals surface area (Å²) in [5, 5.41) is 0. The van der Waals surface area contributed by atoms with E-state index in [9.17, 15) is 0 Å². The Morgan fingerprint density at radius 2 is 2.06 bits per heavy atom. The van der Waals surface area contributed by atoms with Crippen LogP contribution in [0.1, 0.15) is 19.3 Å². The molecular formula is C14H25NSi. The molecule has 90 valence electrons. The van der Waals surface area contributed by atoms with Crippen molar-refractivity contribution in [3.8, 4) is 0 Å². The number of rotatable bonds is 4. The average molecular weight is 235 g/mol. The van der Waals surface area contributed by atoms with Gasteiger partial charge in [0.15, 0.2) is 0 Å². The summed E-state index contributed by atoms with van der Waals surface area (Å²) in [6.45, 7) is 4.87. The molecule has 0 heterocycles. The lowest BCUT2D eigenvalue weighted by atomic mass is 9.65. The second-order valence-electron chi connectivity index (χ2n) is 6.29. The highest BCUT2D eigenvalue weighted by Gasteiger charge is 2.33. The second kappa shape index (κ2) is 4.50. The van der Waals surface area contributed by atoms with Crippen LogP contribution in [0, 0.1) is 11.8 Å². The lowest BCUT2D eigenvalue weighted by molar-refractivity contribution is 0.214. The molecule has 0 radical (unpaired) electrons. The summed E-state index contributed by atoms with van der Waals surface area (Å²) in [5.74, 6) is 1.95. The standard InChI is InChI=1S/C14H25NSi/c1-15(2)16(3,4)9-5-6-13-8-7-12-10-14(13)11-12/h5-6,8,12,14H,7,9-11H2,1-4H3/b6-5-. The molecule has 0 atom stereocenters. The molecule has 3 aliphatic rings. The minimum absolute atomic E-state index is 0.916. The average Bonchev–Trinajstić information content (AvgIpc) is 2.16. The SMILES string of the molecule is CN(C)[Si](C)(C)C/C=C\C1=CCC2CC1C2. The molecule has 16 heavy (non-hydrogen) atoms. The molecule has 0 aliphatic heterocycles. The third-order valence-corrected chi connectivity index (χ3v) is 8.19. The zero-order chi connectivity index (χ0) is 11.8. The highest BCUT2D eigenvalue weighted by Crippen LogP contribution is 2.45. The summed E-state index contributed by atoms with van der Waals surface area (Å²) in [6.07, 6.45) is 11.6. The quantitative estimate of drug-likeness (QED) is 0.672. The van der Waals surface area contributed by atoms with Gasteiger partial charge >= 0.3 is 0 Å². The van der Waals surface area contributed by atoms with Gasteiger partial charge in [-0.2, -0.15) is 0 Å². The van der Waals surface area contributed by atoms with Crippen LogP contribution in [0.5, 0.6) is 0 Å². The fourth-order valence-corrected chi connectivity index (χ4v) is 3.60. The molecule has 3 aliphatic carbocycles. The molecule has 0 spiro atoms. The van der Waals surface area contributed by atoms with Crippen molar-refractivity contribution in [3.05, 3.63) is 23.8 Å². The van der Waals surface area contributed by atoms with Crippen molar-refractivity contribution < 1.29 is 0 Å². The summed E-state index contributed by atoms with van der Waals surface area (Å²) < 4.78 is 2.44. The summed E-state index contributed by atoms with van der Waals surface area (Å²) in [6, 6.07) is 1.27. The Morgan fingerprint density at radius 3 is 2.56 bits per heavy atom. The minimum atomic E-state index is -1.16. The van der Waals surface area contributed by atoms with Gasteiger partial charge in [0, 0.05) is 0 Å². The van der Waals surface area contributed by atoms with Gasteiger partial charge in [0.25, 0.3) is 0 Å². The third-order valence-electron chi connectivity index (χ3n) is 4.53. The van der Waals surface area contributed by atoms with Crippen molar-refractivity contribution in [2.75, 3.05) is 14.1 Å². The molecule has 0 unspecified atom stereocenters. The molecule has 2 bridgehead atoms. The Kier molecular flexibility index (Phi) is 3.41. The van der Waals surface area contributed by atoms with E-state index in [1.807, 2.05) is 0 Å². The van der Waals surface area contributed by atoms with Crippen LogP contribution in [0.15, 0.2) is 23.8 Å². The first-order chi connectivity index (χ1) is 7.49. The van der Waals surface area contributed by atoms with Crippen LogP contribution in [0.4, 0.5) is 0 Å². The first kappa shape index (κ1) is 12.1. The fraction of sp³-hybridized carbons (Fsp3) is 0.714. The Labute approximate surface area is 101 Å². The maximum absolute atomic E-state index is 2.48. The first-order valence-corrected chi connectivity index (χ1v) is 9.68. The van der Waals surface area contributed by atoms with E-state index in [1.165, 1.54) is 25.3 Å². The lowest BCUT2D eigenvalue weighted by Gasteiger charge is -2.40. The van der Waals surface area contributed by atoms with Gasteiger partial charge in [0.2, 0.25) is 0 Å².